The van der Waals surface area contributed by atoms with E-state index < -0.39 is 61.9 Å². The molecule has 1 aliphatic carbocycles. The molecule has 3 atom stereocenters. The fourth-order valence-corrected chi connectivity index (χ4v) is 6.69. The van der Waals surface area contributed by atoms with Crippen LogP contribution in [0.4, 0.5) is 0 Å². The first-order valence-electron chi connectivity index (χ1n) is 32.2. The molecule has 0 radical (unpaired) electrons. The van der Waals surface area contributed by atoms with E-state index in [9.17, 15) is 47.9 Å². The zero-order valence-corrected chi connectivity index (χ0v) is 62.6. The lowest BCUT2D eigenvalue weighted by Gasteiger charge is -2.40. The van der Waals surface area contributed by atoms with E-state index in [0.29, 0.717) is 64.6 Å². The SMILES string of the molecule is CC(C)(C)C(C)(C)C(=O)O.CC(C)(C)C(C)(C)C(=O)OC1CCC(=O)CC1.CC(C)(C)C(C)(C)C(=O)OC1CCOC1=O.CC(C)(C)C(C)(C)C(=O)OCCO.CC1(OC(=O)C(C)(C)C(C)(C)C)CCC(=O)O1.CC1(OC(=O)C(C)(C)C(C)(C)C)CCOC(=O)C1. The Kier molecular flexibility index (Phi) is 31.2. The van der Waals surface area contributed by atoms with Gasteiger partial charge in [0.15, 0.2) is 0 Å². The van der Waals surface area contributed by atoms with E-state index in [1.165, 1.54) is 0 Å². The van der Waals surface area contributed by atoms with Crippen molar-refractivity contribution in [1.82, 2.24) is 0 Å². The van der Waals surface area contributed by atoms with Gasteiger partial charge in [0.25, 0.3) is 5.79 Å². The smallest absolute Gasteiger partial charge is 0.347 e. The number of hydrogen-bond acceptors (Lipinski definition) is 19. The minimum absolute atomic E-state index is 0.0678. The minimum atomic E-state index is -1.09. The lowest BCUT2D eigenvalue weighted by Crippen LogP contribution is -2.46. The van der Waals surface area contributed by atoms with Gasteiger partial charge in [-0.1, -0.05) is 125 Å². The molecule has 3 aliphatic heterocycles. The zero-order chi connectivity index (χ0) is 72.8. The molecule has 4 aliphatic rings. The summed E-state index contributed by atoms with van der Waals surface area (Å²) in [6, 6.07) is 0. The summed E-state index contributed by atoms with van der Waals surface area (Å²) in [4.78, 5) is 115. The van der Waals surface area contributed by atoms with Gasteiger partial charge in [-0.25, -0.2) is 4.79 Å². The fraction of sp³-hybridized carbons (Fsp3) is 0.859. The van der Waals surface area contributed by atoms with Crippen LogP contribution in [0.25, 0.3) is 0 Å². The summed E-state index contributed by atoms with van der Waals surface area (Å²) in [5.41, 5.74) is -5.35. The molecule has 0 aromatic heterocycles. The predicted octanol–water partition coefficient (Wildman–Crippen LogP) is 14.1. The number of esters is 8. The van der Waals surface area contributed by atoms with Gasteiger partial charge in [-0.05, 0) is 135 Å². The number of ketones is 1. The van der Waals surface area contributed by atoms with E-state index in [2.05, 4.69) is 0 Å². The van der Waals surface area contributed by atoms with Crippen molar-refractivity contribution in [2.24, 2.45) is 65.0 Å². The van der Waals surface area contributed by atoms with E-state index in [-0.39, 0.29) is 106 Å². The van der Waals surface area contributed by atoms with Crippen molar-refractivity contribution in [1.29, 1.82) is 0 Å². The average Bonchev–Trinajstić information content (AvgIpc) is 1.69. The summed E-state index contributed by atoms with van der Waals surface area (Å²) in [5, 5.41) is 17.3. The predicted molar refractivity (Wildman–Crippen MR) is 348 cm³/mol. The van der Waals surface area contributed by atoms with Crippen molar-refractivity contribution >= 4 is 59.5 Å². The van der Waals surface area contributed by atoms with Crippen molar-refractivity contribution in [3.05, 3.63) is 0 Å². The number of carbonyl (C=O) groups excluding carboxylic acids is 9. The van der Waals surface area contributed by atoms with Crippen LogP contribution in [-0.2, 0) is 85.8 Å². The topological polar surface area (TPSA) is 285 Å². The summed E-state index contributed by atoms with van der Waals surface area (Å²) >= 11 is 0. The molecular weight excluding hydrogens is 1170 g/mol. The Morgan fingerprint density at radius 3 is 1.14 bits per heavy atom. The number of hydrogen-bond donors (Lipinski definition) is 2. The van der Waals surface area contributed by atoms with Crippen molar-refractivity contribution < 1.29 is 96.1 Å². The Balaban J connectivity index is 0. The first-order valence-corrected chi connectivity index (χ1v) is 32.2. The molecule has 91 heavy (non-hydrogen) atoms. The normalized spacial score (nSPS) is 20.6. The van der Waals surface area contributed by atoms with Gasteiger partial charge in [-0.2, -0.15) is 0 Å². The number of carboxylic acids is 1. The molecule has 0 amide bonds. The maximum absolute atomic E-state index is 12.3. The third-order valence-corrected chi connectivity index (χ3v) is 20.7. The Morgan fingerprint density at radius 1 is 0.451 bits per heavy atom. The lowest BCUT2D eigenvalue weighted by atomic mass is 9.69. The maximum Gasteiger partial charge on any atom is 0.347 e. The van der Waals surface area contributed by atoms with Crippen molar-refractivity contribution in [2.75, 3.05) is 26.4 Å². The number of aliphatic carboxylic acids is 1. The second-order valence-corrected chi connectivity index (χ2v) is 34.4. The molecule has 3 unspecified atom stereocenters. The Morgan fingerprint density at radius 2 is 0.824 bits per heavy atom. The van der Waals surface area contributed by atoms with Crippen LogP contribution >= 0.6 is 0 Å². The van der Waals surface area contributed by atoms with Gasteiger partial charge in [0.05, 0.1) is 65.2 Å². The van der Waals surface area contributed by atoms with Gasteiger partial charge in [-0.3, -0.25) is 43.2 Å². The standard InChI is InChI=1S/C14H24O4.C14H24O3.C13H22O4.C12H20O4.C10H20O3.C8H16O2/c1-12(2,3)13(4,5)11(16)18-14(6)7-8-17-10(15)9-14;1-13(2,3)14(4,5)12(16)17-11-8-6-10(15)7-9-11;1-11(2,3)12(4,5)10(15)17-13(6)8-7-9(14)16-13;1-11(2,3)12(4,5)10(14)16-8-6-7-15-9(8)13;1-9(2,3)10(4,5)8(12)13-7-6-11;1-7(2,3)8(4,5)6(9)10/h7-9H2,1-6H3;11H,6-9H2,1-5H3;7-8H2,1-6H3;8H,6-7H2,1-5H3;11H,6-7H2,1-5H3;1-5H3,(H,9,10). The molecule has 530 valence electrons. The second kappa shape index (κ2) is 32.3. The van der Waals surface area contributed by atoms with E-state index >= 15 is 0 Å². The molecule has 0 aromatic carbocycles. The van der Waals surface area contributed by atoms with Crippen LogP contribution in [0.5, 0.6) is 0 Å². The summed E-state index contributed by atoms with van der Waals surface area (Å²) in [6.07, 6.45) is 3.58. The zero-order valence-electron chi connectivity index (χ0n) is 62.6. The van der Waals surface area contributed by atoms with Gasteiger partial charge in [0.1, 0.15) is 24.1 Å². The van der Waals surface area contributed by atoms with Crippen molar-refractivity contribution in [3.63, 3.8) is 0 Å². The third kappa shape index (κ3) is 25.9. The summed E-state index contributed by atoms with van der Waals surface area (Å²) in [5.74, 6) is -3.92. The average molecular weight is 1300 g/mol. The quantitative estimate of drug-likeness (QED) is 0.136. The molecule has 20 nitrogen and oxygen atoms in total. The highest BCUT2D eigenvalue weighted by Crippen LogP contribution is 2.45. The van der Waals surface area contributed by atoms with Crippen LogP contribution in [-0.4, -0.2) is 120 Å². The van der Waals surface area contributed by atoms with Crippen LogP contribution in [0.15, 0.2) is 0 Å². The Hall–Kier alpha value is -5.14. The molecule has 0 aromatic rings. The number of carboxylic acid groups (broad SMARTS) is 1. The van der Waals surface area contributed by atoms with Gasteiger partial charge in [-0.15, -0.1) is 0 Å². The number of aliphatic hydroxyl groups is 1. The lowest BCUT2D eigenvalue weighted by molar-refractivity contribution is -0.218. The van der Waals surface area contributed by atoms with Crippen LogP contribution in [0.1, 0.15) is 279 Å². The highest BCUT2D eigenvalue weighted by atomic mass is 16.7. The van der Waals surface area contributed by atoms with Crippen LogP contribution in [0.3, 0.4) is 0 Å². The highest BCUT2D eigenvalue weighted by Gasteiger charge is 2.50. The van der Waals surface area contributed by atoms with Gasteiger partial charge in [0, 0.05) is 39.0 Å². The van der Waals surface area contributed by atoms with E-state index in [1.54, 1.807) is 27.7 Å². The number of cyclic esters (lactones) is 3. The number of Topliss-reactive ketones (excluding diaryl/α,β-unsaturated/α-hetero) is 1. The first-order chi connectivity index (χ1) is 40.2. The largest absolute Gasteiger partial charge is 0.481 e. The monoisotopic (exact) mass is 1300 g/mol. The molecule has 3 heterocycles. The molecule has 3 saturated heterocycles. The van der Waals surface area contributed by atoms with Crippen LogP contribution in [0, 0.1) is 65.0 Å². The Bertz CT molecular complexity index is 2470. The molecule has 1 saturated carbocycles. The summed E-state index contributed by atoms with van der Waals surface area (Å²) < 4.78 is 41.3. The van der Waals surface area contributed by atoms with E-state index in [0.717, 1.165) is 0 Å². The van der Waals surface area contributed by atoms with Crippen LogP contribution < -0.4 is 0 Å². The molecule has 0 bridgehead atoms. The van der Waals surface area contributed by atoms with Gasteiger partial charge < -0.3 is 48.1 Å². The van der Waals surface area contributed by atoms with Crippen molar-refractivity contribution in [3.8, 4) is 0 Å². The van der Waals surface area contributed by atoms with E-state index in [1.807, 2.05) is 194 Å². The number of ether oxygens (including phenoxy) is 8. The number of aliphatic hydroxyl groups excluding tert-OH is 1. The molecule has 20 heteroatoms. The van der Waals surface area contributed by atoms with Gasteiger partial charge in [0.2, 0.25) is 6.10 Å². The summed E-state index contributed by atoms with van der Waals surface area (Å²) in [7, 11) is 0. The number of carbonyl (C=O) groups is 10. The van der Waals surface area contributed by atoms with Gasteiger partial charge >= 0.3 is 53.7 Å². The van der Waals surface area contributed by atoms with E-state index in [4.69, 9.17) is 48.1 Å². The second-order valence-electron chi connectivity index (χ2n) is 34.4. The fourth-order valence-electron chi connectivity index (χ4n) is 6.69. The molecule has 4 fully saturated rings. The minimum Gasteiger partial charge on any atom is -0.481 e. The maximum atomic E-state index is 12.3. The number of rotatable bonds is 12. The first kappa shape index (κ1) is 87.9. The van der Waals surface area contributed by atoms with Crippen molar-refractivity contribution in [2.45, 2.75) is 303 Å². The molecule has 0 spiro atoms. The third-order valence-electron chi connectivity index (χ3n) is 20.7. The highest BCUT2D eigenvalue weighted by molar-refractivity contribution is 5.84. The molecular formula is C71H126O20. The molecule has 4 rings (SSSR count). The molecule has 2 N–H and O–H groups in total. The summed E-state index contributed by atoms with van der Waals surface area (Å²) in [6.45, 7) is 62.0. The van der Waals surface area contributed by atoms with Crippen LogP contribution in [0.2, 0.25) is 0 Å². The Labute approximate surface area is 547 Å².